The first-order valence-corrected chi connectivity index (χ1v) is 8.03. The van der Waals surface area contributed by atoms with E-state index < -0.39 is 0 Å². The maximum Gasteiger partial charge on any atom is 0.0642 e. The minimum Gasteiger partial charge on any atom is -0.378 e. The molecule has 0 saturated carbocycles. The van der Waals surface area contributed by atoms with Gasteiger partial charge < -0.3 is 9.64 Å². The van der Waals surface area contributed by atoms with Crippen LogP contribution in [0.1, 0.15) is 26.7 Å². The number of rotatable bonds is 3. The van der Waals surface area contributed by atoms with Crippen molar-refractivity contribution in [3.63, 3.8) is 0 Å². The first kappa shape index (κ1) is 15.1. The van der Waals surface area contributed by atoms with Crippen LogP contribution < -0.4 is 5.43 Å². The van der Waals surface area contributed by atoms with Crippen LogP contribution in [0.2, 0.25) is 0 Å². The molecule has 1 aliphatic carbocycles. The highest BCUT2D eigenvalue weighted by molar-refractivity contribution is 5.97. The number of anilines is 1. The van der Waals surface area contributed by atoms with E-state index in [0.29, 0.717) is 0 Å². The van der Waals surface area contributed by atoms with Crippen LogP contribution >= 0.6 is 0 Å². The number of hydrogen-bond acceptors (Lipinski definition) is 4. The molecule has 1 fully saturated rings. The predicted molar refractivity (Wildman–Crippen MR) is 91.0 cm³/mol. The molecule has 0 aromatic heterocycles. The van der Waals surface area contributed by atoms with Crippen LogP contribution in [0.5, 0.6) is 0 Å². The molecule has 0 spiro atoms. The summed E-state index contributed by atoms with van der Waals surface area (Å²) < 4.78 is 5.46. The Labute approximate surface area is 132 Å². The Morgan fingerprint density at radius 3 is 2.55 bits per heavy atom. The van der Waals surface area contributed by atoms with Crippen molar-refractivity contribution < 1.29 is 4.74 Å². The number of allylic oxidation sites excluding steroid dienone is 2. The Morgan fingerprint density at radius 2 is 1.82 bits per heavy atom. The molecule has 1 saturated heterocycles. The van der Waals surface area contributed by atoms with E-state index in [1.165, 1.54) is 5.70 Å². The van der Waals surface area contributed by atoms with Crippen LogP contribution in [0.4, 0.5) is 5.69 Å². The van der Waals surface area contributed by atoms with E-state index in [1.807, 2.05) is 30.3 Å². The fraction of sp³-hybridized carbons (Fsp3) is 0.500. The quantitative estimate of drug-likeness (QED) is 0.868. The second-order valence-electron chi connectivity index (χ2n) is 6.83. The lowest BCUT2D eigenvalue weighted by molar-refractivity contribution is 0.0491. The minimum atomic E-state index is 0.250. The highest BCUT2D eigenvalue weighted by atomic mass is 16.5. The highest BCUT2D eigenvalue weighted by Crippen LogP contribution is 2.35. The van der Waals surface area contributed by atoms with E-state index in [1.54, 1.807) is 0 Å². The zero-order valence-electron chi connectivity index (χ0n) is 13.5. The summed E-state index contributed by atoms with van der Waals surface area (Å²) in [6, 6.07) is 10.1. The van der Waals surface area contributed by atoms with Gasteiger partial charge in [0.15, 0.2) is 0 Å². The lowest BCUT2D eigenvalue weighted by Crippen LogP contribution is -2.39. The normalized spacial score (nSPS) is 23.3. The van der Waals surface area contributed by atoms with Crippen LogP contribution in [0.3, 0.4) is 0 Å². The molecule has 1 aromatic rings. The van der Waals surface area contributed by atoms with Crippen molar-refractivity contribution >= 4 is 11.4 Å². The van der Waals surface area contributed by atoms with Gasteiger partial charge in [-0.15, -0.1) is 0 Å². The third-order valence-electron chi connectivity index (χ3n) is 4.17. The Kier molecular flexibility index (Phi) is 4.48. The van der Waals surface area contributed by atoms with Gasteiger partial charge in [0.25, 0.3) is 0 Å². The Bertz CT molecular complexity index is 557. The number of nitrogens with one attached hydrogen (secondary N) is 1. The molecule has 1 aromatic carbocycles. The van der Waals surface area contributed by atoms with E-state index in [2.05, 4.69) is 35.4 Å². The van der Waals surface area contributed by atoms with Crippen molar-refractivity contribution in [2.24, 2.45) is 10.5 Å². The summed E-state index contributed by atoms with van der Waals surface area (Å²) in [5.41, 5.74) is 6.98. The number of ether oxygens (including phenoxy) is 1. The molecule has 0 unspecified atom stereocenters. The molecule has 1 N–H and O–H groups in total. The largest absolute Gasteiger partial charge is 0.378 e. The highest BCUT2D eigenvalue weighted by Gasteiger charge is 2.29. The van der Waals surface area contributed by atoms with Crippen molar-refractivity contribution in [2.75, 3.05) is 31.7 Å². The van der Waals surface area contributed by atoms with E-state index >= 15 is 0 Å². The summed E-state index contributed by atoms with van der Waals surface area (Å²) in [6.07, 6.45) is 4.37. The SMILES string of the molecule is CC1(C)CC(N2CCOCC2)=C/C(=N\Nc2ccccc2)C1. The van der Waals surface area contributed by atoms with Gasteiger partial charge in [0, 0.05) is 18.8 Å². The molecule has 0 atom stereocenters. The third kappa shape index (κ3) is 3.89. The summed E-state index contributed by atoms with van der Waals surface area (Å²) in [4.78, 5) is 2.45. The van der Waals surface area contributed by atoms with Gasteiger partial charge in [-0.05, 0) is 36.5 Å². The van der Waals surface area contributed by atoms with Crippen molar-refractivity contribution in [2.45, 2.75) is 26.7 Å². The molecule has 0 bridgehead atoms. The van der Waals surface area contributed by atoms with Crippen molar-refractivity contribution in [3.8, 4) is 0 Å². The van der Waals surface area contributed by atoms with E-state index in [9.17, 15) is 0 Å². The van der Waals surface area contributed by atoms with Gasteiger partial charge >= 0.3 is 0 Å². The Morgan fingerprint density at radius 1 is 1.09 bits per heavy atom. The van der Waals surface area contributed by atoms with Gasteiger partial charge in [-0.1, -0.05) is 32.0 Å². The molecule has 2 aliphatic rings. The molecule has 4 nitrogen and oxygen atoms in total. The summed E-state index contributed by atoms with van der Waals surface area (Å²) >= 11 is 0. The summed E-state index contributed by atoms with van der Waals surface area (Å²) in [5, 5.41) is 4.63. The smallest absolute Gasteiger partial charge is 0.0642 e. The molecule has 118 valence electrons. The average molecular weight is 299 g/mol. The van der Waals surface area contributed by atoms with Gasteiger partial charge in [-0.2, -0.15) is 5.10 Å². The third-order valence-corrected chi connectivity index (χ3v) is 4.17. The number of hydrazone groups is 1. The van der Waals surface area contributed by atoms with Gasteiger partial charge in [0.1, 0.15) is 0 Å². The maximum atomic E-state index is 5.46. The van der Waals surface area contributed by atoms with E-state index in [0.717, 1.165) is 50.5 Å². The fourth-order valence-corrected chi connectivity index (χ4v) is 3.11. The first-order chi connectivity index (χ1) is 10.6. The molecule has 3 rings (SSSR count). The number of hydrogen-bond donors (Lipinski definition) is 1. The Hall–Kier alpha value is -1.81. The molecule has 0 radical (unpaired) electrons. The standard InChI is InChI=1S/C18H25N3O/c1-18(2)13-16(20-19-15-6-4-3-5-7-15)12-17(14-18)21-8-10-22-11-9-21/h3-7,12,19H,8-11,13-14H2,1-2H3/b20-16+. The van der Waals surface area contributed by atoms with Gasteiger partial charge in [-0.3, -0.25) is 5.43 Å². The zero-order chi connectivity index (χ0) is 15.4. The Balaban J connectivity index is 1.76. The summed E-state index contributed by atoms with van der Waals surface area (Å²) in [6.45, 7) is 8.26. The second-order valence-corrected chi connectivity index (χ2v) is 6.83. The maximum absolute atomic E-state index is 5.46. The summed E-state index contributed by atoms with van der Waals surface area (Å²) in [7, 11) is 0. The molecule has 0 amide bonds. The van der Waals surface area contributed by atoms with Gasteiger partial charge in [0.05, 0.1) is 24.6 Å². The van der Waals surface area contributed by atoms with E-state index in [4.69, 9.17) is 4.74 Å². The minimum absolute atomic E-state index is 0.250. The van der Waals surface area contributed by atoms with Crippen molar-refractivity contribution in [1.82, 2.24) is 4.90 Å². The van der Waals surface area contributed by atoms with Crippen LogP contribution in [0, 0.1) is 5.41 Å². The first-order valence-electron chi connectivity index (χ1n) is 8.03. The number of para-hydroxylation sites is 1. The zero-order valence-corrected chi connectivity index (χ0v) is 13.5. The van der Waals surface area contributed by atoms with Gasteiger partial charge in [-0.25, -0.2) is 0 Å². The van der Waals surface area contributed by atoms with Crippen molar-refractivity contribution in [3.05, 3.63) is 42.1 Å². The fourth-order valence-electron chi connectivity index (χ4n) is 3.11. The van der Waals surface area contributed by atoms with Crippen molar-refractivity contribution in [1.29, 1.82) is 0 Å². The van der Waals surface area contributed by atoms with Crippen LogP contribution in [0.25, 0.3) is 0 Å². The number of benzene rings is 1. The second kappa shape index (κ2) is 6.53. The van der Waals surface area contributed by atoms with Crippen LogP contribution in [-0.4, -0.2) is 36.9 Å². The molecule has 1 heterocycles. The lowest BCUT2D eigenvalue weighted by Gasteiger charge is -2.38. The van der Waals surface area contributed by atoms with Crippen LogP contribution in [-0.2, 0) is 4.74 Å². The molecular weight excluding hydrogens is 274 g/mol. The molecule has 22 heavy (non-hydrogen) atoms. The molecule has 4 heteroatoms. The molecular formula is C18H25N3O. The summed E-state index contributed by atoms with van der Waals surface area (Å²) in [5.74, 6) is 0. The lowest BCUT2D eigenvalue weighted by atomic mass is 9.78. The topological polar surface area (TPSA) is 36.9 Å². The molecule has 1 aliphatic heterocycles. The van der Waals surface area contributed by atoms with E-state index in [-0.39, 0.29) is 5.41 Å². The van der Waals surface area contributed by atoms with Gasteiger partial charge in [0.2, 0.25) is 0 Å². The average Bonchev–Trinajstić information content (AvgIpc) is 2.53. The predicted octanol–water partition coefficient (Wildman–Crippen LogP) is 3.49. The number of nitrogens with zero attached hydrogens (tertiary/aromatic N) is 2. The van der Waals surface area contributed by atoms with Crippen LogP contribution in [0.15, 0.2) is 47.2 Å². The number of morpholine rings is 1. The monoisotopic (exact) mass is 299 g/mol.